The number of likely N-dealkylation sites (N-methyl/N-ethyl adjacent to an activating group) is 1. The van der Waals surface area contributed by atoms with Gasteiger partial charge in [-0.1, -0.05) is 62.4 Å². The van der Waals surface area contributed by atoms with Crippen molar-refractivity contribution in [3.8, 4) is 0 Å². The van der Waals surface area contributed by atoms with Gasteiger partial charge in [0.05, 0.1) is 24.2 Å². The Morgan fingerprint density at radius 1 is 0.909 bits per heavy atom. The third-order valence-electron chi connectivity index (χ3n) is 8.91. The van der Waals surface area contributed by atoms with E-state index in [1.165, 1.54) is 22.7 Å². The Labute approximate surface area is 261 Å². The quantitative estimate of drug-likeness (QED) is 0.0999. The average molecular weight is 592 g/mol. The van der Waals surface area contributed by atoms with Crippen LogP contribution in [0.5, 0.6) is 0 Å². The lowest BCUT2D eigenvalue weighted by Crippen LogP contribution is -2.28. The summed E-state index contributed by atoms with van der Waals surface area (Å²) < 4.78 is 13.6. The zero-order chi connectivity index (χ0) is 31.5. The van der Waals surface area contributed by atoms with Crippen LogP contribution in [0.2, 0.25) is 0 Å². The monoisotopic (exact) mass is 591 g/mol. The summed E-state index contributed by atoms with van der Waals surface area (Å²) in [5.74, 6) is -0.359. The van der Waals surface area contributed by atoms with Crippen molar-refractivity contribution in [3.05, 3.63) is 118 Å². The Bertz CT molecular complexity index is 1640. The molecule has 3 aromatic carbocycles. The lowest BCUT2D eigenvalue weighted by atomic mass is 9.81. The van der Waals surface area contributed by atoms with Crippen LogP contribution in [0.3, 0.4) is 0 Å². The molecule has 0 aromatic heterocycles. The molecule has 6 heteroatoms. The fourth-order valence-corrected chi connectivity index (χ4v) is 6.51. The molecular formula is C38H43N2O4+. The van der Waals surface area contributed by atoms with E-state index in [-0.39, 0.29) is 30.0 Å². The van der Waals surface area contributed by atoms with Crippen LogP contribution in [-0.2, 0) is 26.9 Å². The van der Waals surface area contributed by atoms with Crippen molar-refractivity contribution < 1.29 is 23.6 Å². The van der Waals surface area contributed by atoms with Gasteiger partial charge < -0.3 is 14.4 Å². The first-order valence-corrected chi connectivity index (χ1v) is 15.5. The van der Waals surface area contributed by atoms with Crippen molar-refractivity contribution in [2.75, 3.05) is 31.2 Å². The minimum atomic E-state index is -0.359. The highest BCUT2D eigenvalue weighted by Crippen LogP contribution is 2.48. The normalized spacial score (nSPS) is 17.3. The number of aldehydes is 1. The van der Waals surface area contributed by atoms with Crippen LogP contribution in [0.25, 0.3) is 0 Å². The van der Waals surface area contributed by atoms with E-state index in [9.17, 15) is 9.59 Å². The van der Waals surface area contributed by atoms with Crippen LogP contribution in [-0.4, -0.2) is 48.8 Å². The van der Waals surface area contributed by atoms with E-state index in [1.54, 1.807) is 12.1 Å². The Hall–Kier alpha value is -4.29. The predicted octanol–water partition coefficient (Wildman–Crippen LogP) is 7.53. The number of ether oxygens (including phenoxy) is 2. The molecule has 0 bridgehead atoms. The number of hydrogen-bond acceptors (Lipinski definition) is 5. The lowest BCUT2D eigenvalue weighted by molar-refractivity contribution is -0.433. The van der Waals surface area contributed by atoms with Gasteiger partial charge in [-0.15, -0.1) is 0 Å². The van der Waals surface area contributed by atoms with Crippen molar-refractivity contribution in [2.24, 2.45) is 0 Å². The van der Waals surface area contributed by atoms with Crippen LogP contribution in [0.1, 0.15) is 78.9 Å². The molecule has 0 amide bonds. The van der Waals surface area contributed by atoms with Crippen molar-refractivity contribution in [3.63, 3.8) is 0 Å². The standard InChI is InChI=1S/C38H43N2O4/c1-7-39-32-13-10-9-12-30(32)37(3,4)34(39)14-11-15-35-38(5,6)31-24-29(20-21-33(31)40(35)8-2)36(42)44-23-22-43-26-28-18-16-27(25-41)17-19-28/h9-21,24-25H,7-8,22-23,26H2,1-6H3/q+1. The van der Waals surface area contributed by atoms with Gasteiger partial charge in [0.2, 0.25) is 5.69 Å². The summed E-state index contributed by atoms with van der Waals surface area (Å²) in [5.41, 5.74) is 9.11. The molecule has 5 rings (SSSR count). The zero-order valence-electron chi connectivity index (χ0n) is 26.7. The van der Waals surface area contributed by atoms with E-state index < -0.39 is 0 Å². The van der Waals surface area contributed by atoms with Gasteiger partial charge in [-0.2, -0.15) is 4.58 Å². The second-order valence-corrected chi connectivity index (χ2v) is 12.3. The molecule has 2 aliphatic rings. The maximum Gasteiger partial charge on any atom is 0.338 e. The molecule has 3 aromatic rings. The topological polar surface area (TPSA) is 58.9 Å². The highest BCUT2D eigenvalue weighted by molar-refractivity contribution is 6.03. The average Bonchev–Trinajstić information content (AvgIpc) is 3.38. The number of para-hydroxylation sites is 1. The molecular weight excluding hydrogens is 548 g/mol. The first kappa shape index (κ1) is 31.1. The number of anilines is 1. The Morgan fingerprint density at radius 3 is 2.36 bits per heavy atom. The van der Waals surface area contributed by atoms with Crippen LogP contribution in [0, 0.1) is 0 Å². The maximum absolute atomic E-state index is 13.0. The zero-order valence-corrected chi connectivity index (χ0v) is 26.7. The predicted molar refractivity (Wildman–Crippen MR) is 176 cm³/mol. The Kier molecular flexibility index (Phi) is 9.02. The summed E-state index contributed by atoms with van der Waals surface area (Å²) in [5, 5.41) is 0. The van der Waals surface area contributed by atoms with E-state index >= 15 is 0 Å². The van der Waals surface area contributed by atoms with Gasteiger partial charge in [0, 0.05) is 46.6 Å². The summed E-state index contributed by atoms with van der Waals surface area (Å²) in [6.45, 7) is 16.0. The van der Waals surface area contributed by atoms with Crippen molar-refractivity contribution in [1.29, 1.82) is 0 Å². The second kappa shape index (κ2) is 12.7. The minimum absolute atomic E-state index is 0.0801. The number of rotatable bonds is 11. The third-order valence-corrected chi connectivity index (χ3v) is 8.91. The van der Waals surface area contributed by atoms with Gasteiger partial charge in [0.25, 0.3) is 0 Å². The number of carbonyl (C=O) groups excluding carboxylic acids is 2. The smallest absolute Gasteiger partial charge is 0.338 e. The molecule has 228 valence electrons. The summed E-state index contributed by atoms with van der Waals surface area (Å²) in [6.07, 6.45) is 7.48. The molecule has 0 atom stereocenters. The van der Waals surface area contributed by atoms with E-state index in [1.807, 2.05) is 30.3 Å². The fourth-order valence-electron chi connectivity index (χ4n) is 6.51. The van der Waals surface area contributed by atoms with Gasteiger partial charge in [-0.25, -0.2) is 4.79 Å². The number of benzene rings is 3. The summed E-state index contributed by atoms with van der Waals surface area (Å²) in [6, 6.07) is 21.8. The molecule has 0 N–H and O–H groups in total. The molecule has 0 spiro atoms. The third kappa shape index (κ3) is 5.79. The van der Waals surface area contributed by atoms with Crippen molar-refractivity contribution >= 4 is 29.3 Å². The Morgan fingerprint density at radius 2 is 1.66 bits per heavy atom. The second-order valence-electron chi connectivity index (χ2n) is 12.3. The lowest BCUT2D eigenvalue weighted by Gasteiger charge is -2.25. The number of esters is 1. The van der Waals surface area contributed by atoms with E-state index in [4.69, 9.17) is 9.47 Å². The van der Waals surface area contributed by atoms with Crippen molar-refractivity contribution in [1.82, 2.24) is 0 Å². The van der Waals surface area contributed by atoms with Gasteiger partial charge >= 0.3 is 5.97 Å². The molecule has 0 saturated heterocycles. The molecule has 0 radical (unpaired) electrons. The summed E-state index contributed by atoms with van der Waals surface area (Å²) in [4.78, 5) is 26.1. The van der Waals surface area contributed by atoms with Crippen LogP contribution in [0.4, 0.5) is 11.4 Å². The number of nitrogens with zero attached hydrogens (tertiary/aromatic N) is 2. The van der Waals surface area contributed by atoms with Crippen molar-refractivity contribution in [2.45, 2.75) is 59.0 Å². The fraction of sp³-hybridized carbons (Fsp3) is 0.342. The highest BCUT2D eigenvalue weighted by atomic mass is 16.6. The first-order chi connectivity index (χ1) is 21.1. The molecule has 0 fully saturated rings. The molecule has 0 saturated carbocycles. The first-order valence-electron chi connectivity index (χ1n) is 15.5. The summed E-state index contributed by atoms with van der Waals surface area (Å²) in [7, 11) is 0. The Balaban J connectivity index is 1.28. The number of hydrogen-bond donors (Lipinski definition) is 0. The van der Waals surface area contributed by atoms with Crippen LogP contribution in [0.15, 0.2) is 90.7 Å². The molecule has 2 aliphatic heterocycles. The number of carbonyl (C=O) groups is 2. The molecule has 6 nitrogen and oxygen atoms in total. The minimum Gasteiger partial charge on any atom is -0.460 e. The van der Waals surface area contributed by atoms with E-state index in [2.05, 4.69) is 93.5 Å². The van der Waals surface area contributed by atoms with E-state index in [0.29, 0.717) is 17.7 Å². The summed E-state index contributed by atoms with van der Waals surface area (Å²) >= 11 is 0. The largest absolute Gasteiger partial charge is 0.460 e. The molecule has 0 aliphatic carbocycles. The number of fused-ring (bicyclic) bond motifs is 2. The molecule has 44 heavy (non-hydrogen) atoms. The highest BCUT2D eigenvalue weighted by Gasteiger charge is 2.44. The van der Waals surface area contributed by atoms with Gasteiger partial charge in [-0.05, 0) is 63.1 Å². The van der Waals surface area contributed by atoms with Gasteiger partial charge in [0.15, 0.2) is 5.71 Å². The van der Waals surface area contributed by atoms with Crippen LogP contribution < -0.4 is 4.90 Å². The maximum atomic E-state index is 13.0. The van der Waals surface area contributed by atoms with Gasteiger partial charge in [0.1, 0.15) is 19.4 Å². The SMILES string of the molecule is CCN1/C(=C\C=C\C2=[N+](CC)c3ccccc3C2(C)C)C(C)(C)c2cc(C(=O)OCCOCc3ccc(C=O)cc3)ccc21. The molecule has 0 unspecified atom stereocenters. The number of allylic oxidation sites excluding steroid dienone is 4. The van der Waals surface area contributed by atoms with Crippen LogP contribution >= 0.6 is 0 Å². The van der Waals surface area contributed by atoms with E-state index in [0.717, 1.165) is 36.2 Å². The van der Waals surface area contributed by atoms with Gasteiger partial charge in [-0.3, -0.25) is 4.79 Å². The molecule has 2 heterocycles.